The standard InChI is InChI=1S/C19H26N4O/c1-3-24-19-13-16(21)5-7-18(19)23-10-8-22(9-11-23)17-6-4-15(20)12-14(17)2/h4-7,12-13H,3,8-11,20-21H2,1-2H3. The molecular weight excluding hydrogens is 300 g/mol. The van der Waals surface area contributed by atoms with Gasteiger partial charge in [-0.05, 0) is 49.7 Å². The molecule has 0 aliphatic carbocycles. The Bertz CT molecular complexity index is 709. The van der Waals surface area contributed by atoms with Gasteiger partial charge in [0.05, 0.1) is 12.3 Å². The second-order valence-corrected chi connectivity index (χ2v) is 6.18. The molecule has 5 nitrogen and oxygen atoms in total. The van der Waals surface area contributed by atoms with Gasteiger partial charge in [-0.1, -0.05) is 0 Å². The van der Waals surface area contributed by atoms with Crippen molar-refractivity contribution in [1.29, 1.82) is 0 Å². The summed E-state index contributed by atoms with van der Waals surface area (Å²) in [4.78, 5) is 4.79. The van der Waals surface area contributed by atoms with Gasteiger partial charge >= 0.3 is 0 Å². The molecule has 1 aliphatic heterocycles. The third-order valence-electron chi connectivity index (χ3n) is 4.47. The number of aryl methyl sites for hydroxylation is 1. The van der Waals surface area contributed by atoms with E-state index in [1.54, 1.807) is 0 Å². The minimum Gasteiger partial charge on any atom is -0.492 e. The molecule has 4 N–H and O–H groups in total. The summed E-state index contributed by atoms with van der Waals surface area (Å²) in [5.74, 6) is 0.870. The summed E-state index contributed by atoms with van der Waals surface area (Å²) in [6.45, 7) is 8.60. The Morgan fingerprint density at radius 3 is 2.00 bits per heavy atom. The van der Waals surface area contributed by atoms with Gasteiger partial charge in [0, 0.05) is 49.3 Å². The Morgan fingerprint density at radius 1 is 0.875 bits per heavy atom. The van der Waals surface area contributed by atoms with E-state index in [4.69, 9.17) is 16.2 Å². The maximum atomic E-state index is 5.90. The van der Waals surface area contributed by atoms with Crippen LogP contribution in [0, 0.1) is 6.92 Å². The quantitative estimate of drug-likeness (QED) is 0.846. The molecular formula is C19H26N4O. The van der Waals surface area contributed by atoms with Crippen LogP contribution in [-0.2, 0) is 0 Å². The van der Waals surface area contributed by atoms with Crippen molar-refractivity contribution in [2.24, 2.45) is 0 Å². The SMILES string of the molecule is CCOc1cc(N)ccc1N1CCN(c2ccc(N)cc2C)CC1. The lowest BCUT2D eigenvalue weighted by Gasteiger charge is -2.38. The first-order chi connectivity index (χ1) is 11.6. The van der Waals surface area contributed by atoms with Crippen molar-refractivity contribution in [3.63, 3.8) is 0 Å². The molecule has 0 saturated carbocycles. The number of nitrogens with two attached hydrogens (primary N) is 2. The summed E-state index contributed by atoms with van der Waals surface area (Å²) >= 11 is 0. The number of piperazine rings is 1. The van der Waals surface area contributed by atoms with Gasteiger partial charge < -0.3 is 26.0 Å². The van der Waals surface area contributed by atoms with Crippen molar-refractivity contribution >= 4 is 22.7 Å². The molecule has 0 unspecified atom stereocenters. The van der Waals surface area contributed by atoms with Gasteiger partial charge in [-0.25, -0.2) is 0 Å². The fraction of sp³-hybridized carbons (Fsp3) is 0.368. The molecule has 2 aromatic rings. The molecule has 2 aromatic carbocycles. The van der Waals surface area contributed by atoms with E-state index in [1.807, 2.05) is 31.2 Å². The number of hydrogen-bond acceptors (Lipinski definition) is 5. The molecule has 0 radical (unpaired) electrons. The lowest BCUT2D eigenvalue weighted by atomic mass is 10.1. The van der Waals surface area contributed by atoms with Crippen LogP contribution in [0.5, 0.6) is 5.75 Å². The Morgan fingerprint density at radius 2 is 1.42 bits per heavy atom. The normalized spacial score (nSPS) is 14.8. The average molecular weight is 326 g/mol. The van der Waals surface area contributed by atoms with Gasteiger partial charge in [-0.15, -0.1) is 0 Å². The molecule has 0 atom stereocenters. The van der Waals surface area contributed by atoms with E-state index >= 15 is 0 Å². The van der Waals surface area contributed by atoms with E-state index in [2.05, 4.69) is 28.9 Å². The number of benzene rings is 2. The predicted octanol–water partition coefficient (Wildman–Crippen LogP) is 2.88. The van der Waals surface area contributed by atoms with Crippen LogP contribution in [0.3, 0.4) is 0 Å². The number of nitrogen functional groups attached to an aromatic ring is 2. The van der Waals surface area contributed by atoms with E-state index in [1.165, 1.54) is 11.3 Å². The zero-order chi connectivity index (χ0) is 17.1. The van der Waals surface area contributed by atoms with Crippen molar-refractivity contribution in [3.8, 4) is 5.75 Å². The van der Waals surface area contributed by atoms with E-state index in [-0.39, 0.29) is 0 Å². The van der Waals surface area contributed by atoms with Crippen LogP contribution in [0.25, 0.3) is 0 Å². The maximum Gasteiger partial charge on any atom is 0.144 e. The second-order valence-electron chi connectivity index (χ2n) is 6.18. The smallest absolute Gasteiger partial charge is 0.144 e. The monoisotopic (exact) mass is 326 g/mol. The number of nitrogens with zero attached hydrogens (tertiary/aromatic N) is 2. The molecule has 0 amide bonds. The summed E-state index contributed by atoms with van der Waals surface area (Å²) < 4.78 is 5.77. The minimum absolute atomic E-state index is 0.640. The second kappa shape index (κ2) is 6.91. The van der Waals surface area contributed by atoms with Gasteiger partial charge in [0.1, 0.15) is 5.75 Å². The lowest BCUT2D eigenvalue weighted by Crippen LogP contribution is -2.46. The largest absolute Gasteiger partial charge is 0.492 e. The number of rotatable bonds is 4. The summed E-state index contributed by atoms with van der Waals surface area (Å²) in [6, 6.07) is 12.0. The summed E-state index contributed by atoms with van der Waals surface area (Å²) in [6.07, 6.45) is 0. The average Bonchev–Trinajstić information content (AvgIpc) is 2.56. The topological polar surface area (TPSA) is 67.8 Å². The van der Waals surface area contributed by atoms with E-state index < -0.39 is 0 Å². The molecule has 0 bridgehead atoms. The van der Waals surface area contributed by atoms with Gasteiger partial charge in [-0.3, -0.25) is 0 Å². The zero-order valence-electron chi connectivity index (χ0n) is 14.5. The minimum atomic E-state index is 0.640. The van der Waals surface area contributed by atoms with Gasteiger partial charge in [0.25, 0.3) is 0 Å². The molecule has 0 aromatic heterocycles. The molecule has 24 heavy (non-hydrogen) atoms. The summed E-state index contributed by atoms with van der Waals surface area (Å²) in [5, 5.41) is 0. The van der Waals surface area contributed by atoms with E-state index in [0.29, 0.717) is 6.61 Å². The third kappa shape index (κ3) is 3.35. The molecule has 3 rings (SSSR count). The van der Waals surface area contributed by atoms with Crippen LogP contribution >= 0.6 is 0 Å². The predicted molar refractivity (Wildman–Crippen MR) is 102 cm³/mol. The van der Waals surface area contributed by atoms with Crippen LogP contribution in [0.4, 0.5) is 22.7 Å². The summed E-state index contributed by atoms with van der Waals surface area (Å²) in [7, 11) is 0. The summed E-state index contributed by atoms with van der Waals surface area (Å²) in [5.41, 5.74) is 16.9. The van der Waals surface area contributed by atoms with Gasteiger partial charge in [-0.2, -0.15) is 0 Å². The highest BCUT2D eigenvalue weighted by Gasteiger charge is 2.21. The van der Waals surface area contributed by atoms with Crippen LogP contribution in [0.1, 0.15) is 12.5 Å². The van der Waals surface area contributed by atoms with E-state index in [0.717, 1.165) is 49.0 Å². The van der Waals surface area contributed by atoms with Crippen LogP contribution in [0.2, 0.25) is 0 Å². The number of ether oxygens (including phenoxy) is 1. The van der Waals surface area contributed by atoms with Crippen LogP contribution in [-0.4, -0.2) is 32.8 Å². The van der Waals surface area contributed by atoms with Crippen molar-refractivity contribution in [2.45, 2.75) is 13.8 Å². The number of hydrogen-bond donors (Lipinski definition) is 2. The lowest BCUT2D eigenvalue weighted by molar-refractivity contribution is 0.340. The molecule has 5 heteroatoms. The van der Waals surface area contributed by atoms with Crippen molar-refractivity contribution < 1.29 is 4.74 Å². The van der Waals surface area contributed by atoms with Crippen LogP contribution in [0.15, 0.2) is 36.4 Å². The number of anilines is 4. The Kier molecular flexibility index (Phi) is 4.69. The van der Waals surface area contributed by atoms with Gasteiger partial charge in [0.15, 0.2) is 0 Å². The molecule has 1 saturated heterocycles. The Hall–Kier alpha value is -2.56. The molecule has 0 spiro atoms. The third-order valence-corrected chi connectivity index (χ3v) is 4.47. The van der Waals surface area contributed by atoms with Crippen molar-refractivity contribution in [3.05, 3.63) is 42.0 Å². The molecule has 128 valence electrons. The highest BCUT2D eigenvalue weighted by molar-refractivity contribution is 5.65. The first-order valence-electron chi connectivity index (χ1n) is 8.47. The Labute approximate surface area is 143 Å². The Balaban J connectivity index is 1.73. The fourth-order valence-corrected chi connectivity index (χ4v) is 3.28. The van der Waals surface area contributed by atoms with Crippen molar-refractivity contribution in [1.82, 2.24) is 0 Å². The van der Waals surface area contributed by atoms with Gasteiger partial charge in [0.2, 0.25) is 0 Å². The fourth-order valence-electron chi connectivity index (χ4n) is 3.28. The van der Waals surface area contributed by atoms with Crippen LogP contribution < -0.4 is 26.0 Å². The van der Waals surface area contributed by atoms with Crippen molar-refractivity contribution in [2.75, 3.05) is 54.1 Å². The zero-order valence-corrected chi connectivity index (χ0v) is 14.5. The maximum absolute atomic E-state index is 5.90. The highest BCUT2D eigenvalue weighted by atomic mass is 16.5. The molecule has 1 aliphatic rings. The molecule has 1 heterocycles. The first-order valence-corrected chi connectivity index (χ1v) is 8.47. The van der Waals surface area contributed by atoms with E-state index in [9.17, 15) is 0 Å². The first kappa shape index (κ1) is 16.3. The molecule has 1 fully saturated rings. The highest BCUT2D eigenvalue weighted by Crippen LogP contribution is 2.32.